The van der Waals surface area contributed by atoms with E-state index in [1.54, 1.807) is 17.7 Å². The smallest absolute Gasteiger partial charge is 0 e. The predicted octanol–water partition coefficient (Wildman–Crippen LogP) is -1.84. The van der Waals surface area contributed by atoms with Crippen molar-refractivity contribution in [2.45, 2.75) is 0 Å². The van der Waals surface area contributed by atoms with Crippen molar-refractivity contribution in [3.8, 4) is 0 Å². The van der Waals surface area contributed by atoms with Gasteiger partial charge in [-0.3, -0.25) is 0 Å². The van der Waals surface area contributed by atoms with Crippen LogP contribution in [0.25, 0.3) is 0 Å². The standard InChI is InChI=1S/Bi.Fe.K.Mo.Ni.4H. The van der Waals surface area contributed by atoms with E-state index in [0.717, 1.165) is 0 Å². The first-order valence-electron chi connectivity index (χ1n) is 0.144. The maximum Gasteiger partial charge on any atom is 0 e. The molecule has 0 bridgehead atoms. The van der Waals surface area contributed by atoms with Gasteiger partial charge >= 0.3 is 109 Å². The summed E-state index contributed by atoms with van der Waals surface area (Å²) in [6, 6.07) is 0. The molecule has 0 aliphatic heterocycles. The van der Waals surface area contributed by atoms with E-state index in [2.05, 4.69) is 13.4 Å². The van der Waals surface area contributed by atoms with Gasteiger partial charge in [0, 0.05) is 16.5 Å². The molecule has 0 amide bonds. The van der Waals surface area contributed by atoms with E-state index in [0.29, 0.717) is 0 Å². The third-order valence-electron chi connectivity index (χ3n) is 0. The molecule has 0 aromatic rings. The van der Waals surface area contributed by atoms with Crippen LogP contribution in [0.5, 0.6) is 0 Å². The van der Waals surface area contributed by atoms with Crippen LogP contribution in [-0.4, -0.2) is 77.6 Å². The third-order valence-corrected chi connectivity index (χ3v) is 0. The zero-order valence-corrected chi connectivity index (χ0v) is 11.4. The van der Waals surface area contributed by atoms with Gasteiger partial charge in [-0.1, -0.05) is 0 Å². The van der Waals surface area contributed by atoms with E-state index in [-0.39, 0.29) is 94.1 Å². The average molecular weight is 463 g/mol. The summed E-state index contributed by atoms with van der Waals surface area (Å²) in [5.41, 5.74) is 0. The topological polar surface area (TPSA) is 0 Å². The van der Waals surface area contributed by atoms with E-state index >= 15 is 0 Å². The number of hydrogen-bond donors (Lipinski definition) is 0. The van der Waals surface area contributed by atoms with Crippen molar-refractivity contribution in [1.82, 2.24) is 0 Å². The Labute approximate surface area is 122 Å². The second kappa shape index (κ2) is 24.1. The van der Waals surface area contributed by atoms with Gasteiger partial charge in [-0.05, 0) is 0 Å². The summed E-state index contributed by atoms with van der Waals surface area (Å²) < 4.78 is 0. The summed E-state index contributed by atoms with van der Waals surface area (Å²) in [6.07, 6.45) is 0. The Morgan fingerprint density at radius 2 is 1.20 bits per heavy atom. The first-order chi connectivity index (χ1) is 1.00. The van der Waals surface area contributed by atoms with Crippen molar-refractivity contribution < 1.29 is 47.6 Å². The maximum absolute atomic E-state index is 3.26. The minimum absolute atomic E-state index is 0. The van der Waals surface area contributed by atoms with Gasteiger partial charge in [-0.15, -0.1) is 0 Å². The zero-order chi connectivity index (χ0) is 2.00. The molecule has 0 aromatic carbocycles. The molecule has 0 N–H and O–H groups in total. The van der Waals surface area contributed by atoms with Gasteiger partial charge in [0.05, 0.1) is 0 Å². The fourth-order valence-electron chi connectivity index (χ4n) is 0. The van der Waals surface area contributed by atoms with Gasteiger partial charge in [0.2, 0.25) is 0 Å². The summed E-state index contributed by atoms with van der Waals surface area (Å²) >= 11 is 4.96. The van der Waals surface area contributed by atoms with Gasteiger partial charge < -0.3 is 0 Å². The van der Waals surface area contributed by atoms with Crippen molar-refractivity contribution in [3.63, 3.8) is 0 Å². The molecule has 0 atom stereocenters. The largest absolute Gasteiger partial charge is 0 e. The first kappa shape index (κ1) is 22.9. The van der Waals surface area contributed by atoms with Crippen LogP contribution in [-0.2, 0) is 47.6 Å². The van der Waals surface area contributed by atoms with E-state index in [1.165, 1.54) is 0 Å². The fourth-order valence-corrected chi connectivity index (χ4v) is 0. The molecule has 0 aromatic heterocycles. The Morgan fingerprint density at radius 1 is 1.20 bits per heavy atom. The molecule has 0 unspecified atom stereocenters. The van der Waals surface area contributed by atoms with E-state index in [4.69, 9.17) is 0 Å². The van der Waals surface area contributed by atoms with Crippen LogP contribution in [0.4, 0.5) is 0 Å². The molecule has 0 fully saturated rings. The molecule has 0 saturated heterocycles. The predicted molar refractivity (Wildman–Crippen MR) is 17.1 cm³/mol. The summed E-state index contributed by atoms with van der Waals surface area (Å²) in [5, 5.41) is 0. The fraction of sp³-hybridized carbons (Fsp3) is 0. The van der Waals surface area contributed by atoms with Crippen molar-refractivity contribution in [2.24, 2.45) is 0 Å². The Hall–Kier alpha value is 4.22. The average Bonchev–Trinajstić information content (AvgIpc) is 1.00. The zero-order valence-electron chi connectivity index (χ0n) is 1.79. The van der Waals surface area contributed by atoms with Crippen LogP contribution in [0.3, 0.4) is 0 Å². The van der Waals surface area contributed by atoms with Crippen LogP contribution in [0.1, 0.15) is 0 Å². The first-order valence-corrected chi connectivity index (χ1v) is 3.52. The van der Waals surface area contributed by atoms with Crippen molar-refractivity contribution >= 4 is 77.6 Å². The molecule has 5 heavy (non-hydrogen) atoms. The van der Waals surface area contributed by atoms with Crippen LogP contribution >= 0.6 is 0 Å². The van der Waals surface area contributed by atoms with Gasteiger partial charge in [0.15, 0.2) is 0 Å². The Bertz CT molecular complexity index is 11.6. The number of rotatable bonds is 0. The minimum Gasteiger partial charge on any atom is 0 e. The Morgan fingerprint density at radius 3 is 1.20 bits per heavy atom. The Kier molecular flexibility index (Phi) is 110. The molecule has 0 rings (SSSR count). The van der Waals surface area contributed by atoms with E-state index in [9.17, 15) is 0 Å². The Balaban J connectivity index is -0.00000000167. The normalized spacial score (nSPS) is 1.00. The van der Waals surface area contributed by atoms with Crippen LogP contribution < -0.4 is 0 Å². The summed E-state index contributed by atoms with van der Waals surface area (Å²) in [4.78, 5) is 0. The van der Waals surface area contributed by atoms with Gasteiger partial charge in [-0.2, -0.15) is 0 Å². The monoisotopic (exact) mass is 464 g/mol. The SMILES string of the molecule is [BiH3].[Fe][Mo].[KH].[Ni]. The van der Waals surface area contributed by atoms with Crippen LogP contribution in [0, 0.1) is 0 Å². The molecule has 0 heterocycles. The molecule has 34 valence electrons. The molecular weight excluding hydrogens is 459 g/mol. The van der Waals surface area contributed by atoms with Gasteiger partial charge in [-0.25, -0.2) is 0 Å². The molecule has 5 heteroatoms. The van der Waals surface area contributed by atoms with E-state index in [1.807, 2.05) is 0 Å². The van der Waals surface area contributed by atoms with Crippen molar-refractivity contribution in [3.05, 3.63) is 0 Å². The second-order valence-corrected chi connectivity index (χ2v) is 0. The molecule has 0 radical (unpaired) electrons. The van der Waals surface area contributed by atoms with Crippen molar-refractivity contribution in [2.75, 3.05) is 0 Å². The molecular formula is H4BiFeKMoNi. The molecule has 0 spiro atoms. The molecule has 0 aliphatic rings. The minimum atomic E-state index is 0. The van der Waals surface area contributed by atoms with Crippen LogP contribution in [0.2, 0.25) is 0 Å². The maximum atomic E-state index is 3.26. The molecule has 0 nitrogen and oxygen atoms in total. The van der Waals surface area contributed by atoms with Gasteiger partial charge in [0.1, 0.15) is 0 Å². The second-order valence-electron chi connectivity index (χ2n) is 0. The third kappa shape index (κ3) is 17.9. The quantitative estimate of drug-likeness (QED) is 0.372. The van der Waals surface area contributed by atoms with E-state index < -0.39 is 0 Å². The summed E-state index contributed by atoms with van der Waals surface area (Å²) in [7, 11) is 0. The summed E-state index contributed by atoms with van der Waals surface area (Å²) in [6.45, 7) is 0. The summed E-state index contributed by atoms with van der Waals surface area (Å²) in [5.74, 6) is 0. The van der Waals surface area contributed by atoms with Crippen LogP contribution in [0.15, 0.2) is 0 Å². The number of hydrogen-bond acceptors (Lipinski definition) is 0. The molecule has 0 saturated carbocycles. The van der Waals surface area contributed by atoms with Gasteiger partial charge in [0.25, 0.3) is 0 Å². The molecule has 0 aliphatic carbocycles. The van der Waals surface area contributed by atoms with Crippen molar-refractivity contribution in [1.29, 1.82) is 0 Å².